The molecule has 21 heavy (non-hydrogen) atoms. The van der Waals surface area contributed by atoms with Gasteiger partial charge in [-0.15, -0.1) is 11.6 Å². The van der Waals surface area contributed by atoms with E-state index in [0.717, 1.165) is 35.7 Å². The number of nitrogens with zero attached hydrogens (tertiary/aromatic N) is 3. The predicted octanol–water partition coefficient (Wildman–Crippen LogP) is 2.85. The molecular weight excluding hydrogens is 290 g/mol. The van der Waals surface area contributed by atoms with Gasteiger partial charge in [-0.2, -0.15) is 0 Å². The van der Waals surface area contributed by atoms with Crippen LogP contribution in [0, 0.1) is 6.92 Å². The lowest BCUT2D eigenvalue weighted by Gasteiger charge is -2.27. The summed E-state index contributed by atoms with van der Waals surface area (Å²) in [5, 5.41) is -0.185. The number of pyridine rings is 1. The predicted molar refractivity (Wildman–Crippen MR) is 81.7 cm³/mol. The third kappa shape index (κ3) is 2.65. The van der Waals surface area contributed by atoms with Crippen LogP contribution in [0.1, 0.15) is 30.2 Å². The number of alkyl halides is 1. The Morgan fingerprint density at radius 3 is 2.90 bits per heavy atom. The van der Waals surface area contributed by atoms with E-state index in [1.165, 1.54) is 0 Å². The van der Waals surface area contributed by atoms with Crippen LogP contribution in [0.5, 0.6) is 0 Å². The van der Waals surface area contributed by atoms with Crippen molar-refractivity contribution in [2.24, 2.45) is 0 Å². The Bertz CT molecular complexity index is 648. The number of methoxy groups -OCH3 is 1. The van der Waals surface area contributed by atoms with Gasteiger partial charge in [-0.05, 0) is 26.0 Å². The summed E-state index contributed by atoms with van der Waals surface area (Å²) in [6, 6.07) is 3.95. The number of fused-ring (bicyclic) bond motifs is 1. The number of aryl methyl sites for hydroxylation is 1. The molecule has 1 saturated heterocycles. The van der Waals surface area contributed by atoms with Crippen molar-refractivity contribution in [3.8, 4) is 0 Å². The maximum absolute atomic E-state index is 6.31. The Hall–Kier alpha value is -1.17. The first kappa shape index (κ1) is 14.8. The lowest BCUT2D eigenvalue weighted by molar-refractivity contribution is -0.0293. The highest BCUT2D eigenvalue weighted by atomic mass is 35.5. The third-order valence-corrected chi connectivity index (χ3v) is 4.26. The fraction of sp³-hybridized carbons (Fsp3) is 0.600. The molecule has 1 aliphatic rings. The number of rotatable bonds is 4. The summed E-state index contributed by atoms with van der Waals surface area (Å²) in [5.41, 5.74) is 2.38. The minimum Gasteiger partial charge on any atom is -0.378 e. The second-order valence-corrected chi connectivity index (χ2v) is 6.31. The van der Waals surface area contributed by atoms with E-state index in [-0.39, 0.29) is 11.0 Å². The Kier molecular flexibility index (Phi) is 3.90. The summed E-state index contributed by atoms with van der Waals surface area (Å²) in [5.74, 6) is 0.827. The molecule has 0 aliphatic carbocycles. The highest BCUT2D eigenvalue weighted by molar-refractivity contribution is 6.20. The third-order valence-electron chi connectivity index (χ3n) is 4.06. The standard InChI is InChI=1S/C15H20ClN3O2/c1-10-4-5-12-14(17-10)19(13(18-12)11(2)16)8-15(20-3)6-7-21-9-15/h4-5,11H,6-9H2,1-3H3. The number of hydrogen-bond acceptors (Lipinski definition) is 4. The molecule has 1 fully saturated rings. The zero-order chi connectivity index (χ0) is 15.0. The molecule has 2 atom stereocenters. The van der Waals surface area contributed by atoms with Crippen molar-refractivity contribution in [3.05, 3.63) is 23.7 Å². The summed E-state index contributed by atoms with van der Waals surface area (Å²) < 4.78 is 13.3. The molecule has 0 amide bonds. The molecule has 1 aliphatic heterocycles. The minimum absolute atomic E-state index is 0.185. The van der Waals surface area contributed by atoms with Gasteiger partial charge < -0.3 is 14.0 Å². The van der Waals surface area contributed by atoms with Crippen molar-refractivity contribution in [3.63, 3.8) is 0 Å². The molecule has 2 unspecified atom stereocenters. The van der Waals surface area contributed by atoms with Gasteiger partial charge in [0.05, 0.1) is 18.5 Å². The van der Waals surface area contributed by atoms with Crippen molar-refractivity contribution < 1.29 is 9.47 Å². The van der Waals surface area contributed by atoms with Crippen LogP contribution in [-0.2, 0) is 16.0 Å². The van der Waals surface area contributed by atoms with E-state index < -0.39 is 0 Å². The number of ether oxygens (including phenoxy) is 2. The van der Waals surface area contributed by atoms with Crippen molar-refractivity contribution >= 4 is 22.8 Å². The van der Waals surface area contributed by atoms with Gasteiger partial charge in [0.15, 0.2) is 5.65 Å². The summed E-state index contributed by atoms with van der Waals surface area (Å²) >= 11 is 6.31. The van der Waals surface area contributed by atoms with Gasteiger partial charge in [0.2, 0.25) is 0 Å². The fourth-order valence-electron chi connectivity index (χ4n) is 2.80. The molecular formula is C15H20ClN3O2. The van der Waals surface area contributed by atoms with Gasteiger partial charge in [-0.3, -0.25) is 0 Å². The van der Waals surface area contributed by atoms with E-state index in [0.29, 0.717) is 13.2 Å². The van der Waals surface area contributed by atoms with E-state index >= 15 is 0 Å². The SMILES string of the molecule is COC1(Cn2c(C(C)Cl)nc3ccc(C)nc32)CCOC1. The van der Waals surface area contributed by atoms with Gasteiger partial charge in [-0.25, -0.2) is 9.97 Å². The normalized spacial score (nSPS) is 23.8. The molecule has 0 saturated carbocycles. The second kappa shape index (κ2) is 5.55. The molecule has 114 valence electrons. The largest absolute Gasteiger partial charge is 0.378 e. The number of halogens is 1. The number of hydrogen-bond donors (Lipinski definition) is 0. The second-order valence-electron chi connectivity index (χ2n) is 5.66. The first-order valence-electron chi connectivity index (χ1n) is 7.15. The monoisotopic (exact) mass is 309 g/mol. The highest BCUT2D eigenvalue weighted by Crippen LogP contribution is 2.30. The van der Waals surface area contributed by atoms with Gasteiger partial charge in [0.25, 0.3) is 0 Å². The van der Waals surface area contributed by atoms with Gasteiger partial charge in [0, 0.05) is 25.8 Å². The molecule has 0 bridgehead atoms. The Morgan fingerprint density at radius 1 is 1.48 bits per heavy atom. The summed E-state index contributed by atoms with van der Waals surface area (Å²) in [6.07, 6.45) is 0.866. The van der Waals surface area contributed by atoms with Crippen molar-refractivity contribution in [2.45, 2.75) is 37.8 Å². The minimum atomic E-state index is -0.320. The molecule has 0 spiro atoms. The summed E-state index contributed by atoms with van der Waals surface area (Å²) in [4.78, 5) is 9.26. The highest BCUT2D eigenvalue weighted by Gasteiger charge is 2.37. The topological polar surface area (TPSA) is 49.2 Å². The van der Waals surface area contributed by atoms with Crippen LogP contribution in [0.4, 0.5) is 0 Å². The van der Waals surface area contributed by atoms with Crippen LogP contribution in [0.25, 0.3) is 11.2 Å². The Morgan fingerprint density at radius 2 is 2.29 bits per heavy atom. The lowest BCUT2D eigenvalue weighted by atomic mass is 10.0. The molecule has 0 radical (unpaired) electrons. The summed E-state index contributed by atoms with van der Waals surface area (Å²) in [6.45, 7) is 5.87. The van der Waals surface area contributed by atoms with Crippen LogP contribution in [0.3, 0.4) is 0 Å². The Labute approximate surface area is 129 Å². The average molecular weight is 310 g/mol. The molecule has 2 aromatic rings. The first-order valence-corrected chi connectivity index (χ1v) is 7.59. The zero-order valence-electron chi connectivity index (χ0n) is 12.6. The van der Waals surface area contributed by atoms with Crippen LogP contribution in [0.15, 0.2) is 12.1 Å². The van der Waals surface area contributed by atoms with E-state index in [1.807, 2.05) is 26.0 Å². The molecule has 6 heteroatoms. The summed E-state index contributed by atoms with van der Waals surface area (Å²) in [7, 11) is 1.73. The smallest absolute Gasteiger partial charge is 0.160 e. The maximum Gasteiger partial charge on any atom is 0.160 e. The fourth-order valence-corrected chi connectivity index (χ4v) is 2.97. The van der Waals surface area contributed by atoms with Crippen molar-refractivity contribution in [2.75, 3.05) is 20.3 Å². The van der Waals surface area contributed by atoms with Gasteiger partial charge in [0.1, 0.15) is 16.9 Å². The molecule has 5 nitrogen and oxygen atoms in total. The zero-order valence-corrected chi connectivity index (χ0v) is 13.4. The first-order chi connectivity index (χ1) is 10.0. The molecule has 3 rings (SSSR count). The average Bonchev–Trinajstić information content (AvgIpc) is 3.05. The molecule has 2 aromatic heterocycles. The van der Waals surface area contributed by atoms with E-state index in [4.69, 9.17) is 21.1 Å². The Balaban J connectivity index is 2.10. The number of aromatic nitrogens is 3. The lowest BCUT2D eigenvalue weighted by Crippen LogP contribution is -2.37. The van der Waals surface area contributed by atoms with E-state index in [1.54, 1.807) is 7.11 Å². The molecule has 3 heterocycles. The van der Waals surface area contributed by atoms with Crippen LogP contribution in [0.2, 0.25) is 0 Å². The number of imidazole rings is 1. The van der Waals surface area contributed by atoms with Crippen molar-refractivity contribution in [1.29, 1.82) is 0 Å². The van der Waals surface area contributed by atoms with Gasteiger partial charge in [-0.1, -0.05) is 0 Å². The van der Waals surface area contributed by atoms with E-state index in [9.17, 15) is 0 Å². The van der Waals surface area contributed by atoms with Crippen LogP contribution >= 0.6 is 11.6 Å². The van der Waals surface area contributed by atoms with Gasteiger partial charge >= 0.3 is 0 Å². The maximum atomic E-state index is 6.31. The molecule has 0 N–H and O–H groups in total. The van der Waals surface area contributed by atoms with E-state index in [2.05, 4.69) is 14.5 Å². The molecule has 0 aromatic carbocycles. The quantitative estimate of drug-likeness (QED) is 0.815. The van der Waals surface area contributed by atoms with Crippen LogP contribution in [-0.4, -0.2) is 40.5 Å². The van der Waals surface area contributed by atoms with Crippen molar-refractivity contribution in [1.82, 2.24) is 14.5 Å². The van der Waals surface area contributed by atoms with Crippen LogP contribution < -0.4 is 0 Å².